The van der Waals surface area contributed by atoms with Crippen LogP contribution in [0.15, 0.2) is 0 Å². The quantitative estimate of drug-likeness (QED) is 0.520. The Morgan fingerprint density at radius 1 is 1.36 bits per heavy atom. The van der Waals surface area contributed by atoms with E-state index in [1.807, 2.05) is 0 Å². The Bertz CT molecular complexity index is 156. The number of nitrogens with zero attached hydrogens (tertiary/aromatic N) is 1. The van der Waals surface area contributed by atoms with Gasteiger partial charge in [-0.2, -0.15) is 0 Å². The molecule has 64 valence electrons. The SMILES string of the molecule is CC(C)C1CC2CC1CN2I. The maximum Gasteiger partial charge on any atom is 0.0204 e. The van der Waals surface area contributed by atoms with Crippen LogP contribution in [0.2, 0.25) is 0 Å². The van der Waals surface area contributed by atoms with Gasteiger partial charge < -0.3 is 0 Å². The van der Waals surface area contributed by atoms with Crippen LogP contribution in [0.5, 0.6) is 0 Å². The fourth-order valence-electron chi connectivity index (χ4n) is 2.76. The number of fused-ring (bicyclic) bond motifs is 2. The van der Waals surface area contributed by atoms with Crippen molar-refractivity contribution in [3.63, 3.8) is 0 Å². The van der Waals surface area contributed by atoms with Crippen molar-refractivity contribution in [1.82, 2.24) is 3.11 Å². The van der Waals surface area contributed by atoms with E-state index in [4.69, 9.17) is 0 Å². The summed E-state index contributed by atoms with van der Waals surface area (Å²) in [6, 6.07) is 0.924. The zero-order chi connectivity index (χ0) is 8.01. The Labute approximate surface area is 83.0 Å². The molecule has 1 aliphatic carbocycles. The molecule has 2 heteroatoms. The Balaban J connectivity index is 2.02. The van der Waals surface area contributed by atoms with Gasteiger partial charge in [-0.15, -0.1) is 0 Å². The van der Waals surface area contributed by atoms with Gasteiger partial charge in [-0.3, -0.25) is 0 Å². The minimum Gasteiger partial charge on any atom is -0.244 e. The molecule has 2 fully saturated rings. The van der Waals surface area contributed by atoms with Crippen LogP contribution < -0.4 is 0 Å². The van der Waals surface area contributed by atoms with Gasteiger partial charge in [0.25, 0.3) is 0 Å². The molecule has 1 aliphatic heterocycles. The van der Waals surface area contributed by atoms with E-state index in [2.05, 4.69) is 39.8 Å². The lowest BCUT2D eigenvalue weighted by atomic mass is 9.85. The van der Waals surface area contributed by atoms with Gasteiger partial charge in [0.15, 0.2) is 0 Å². The molecule has 1 saturated heterocycles. The third-order valence-electron chi connectivity index (χ3n) is 3.39. The van der Waals surface area contributed by atoms with E-state index >= 15 is 0 Å². The highest BCUT2D eigenvalue weighted by molar-refractivity contribution is 14.1. The summed E-state index contributed by atoms with van der Waals surface area (Å²) < 4.78 is 2.52. The predicted octanol–water partition coefficient (Wildman–Crippen LogP) is 2.70. The van der Waals surface area contributed by atoms with Gasteiger partial charge in [0.1, 0.15) is 0 Å². The molecular weight excluding hydrogens is 249 g/mol. The summed E-state index contributed by atoms with van der Waals surface area (Å²) in [4.78, 5) is 0. The fraction of sp³-hybridized carbons (Fsp3) is 1.00. The molecule has 0 N–H and O–H groups in total. The zero-order valence-corrected chi connectivity index (χ0v) is 9.41. The molecule has 1 nitrogen and oxygen atoms in total. The summed E-state index contributed by atoms with van der Waals surface area (Å²) in [6.07, 6.45) is 2.94. The van der Waals surface area contributed by atoms with Crippen molar-refractivity contribution in [2.45, 2.75) is 32.7 Å². The Kier molecular flexibility index (Phi) is 2.17. The van der Waals surface area contributed by atoms with Crippen molar-refractivity contribution in [3.05, 3.63) is 0 Å². The van der Waals surface area contributed by atoms with Crippen molar-refractivity contribution in [1.29, 1.82) is 0 Å². The maximum atomic E-state index is 2.52. The summed E-state index contributed by atoms with van der Waals surface area (Å²) in [5.41, 5.74) is 0. The van der Waals surface area contributed by atoms with Crippen LogP contribution in [0.1, 0.15) is 26.7 Å². The zero-order valence-electron chi connectivity index (χ0n) is 7.26. The van der Waals surface area contributed by atoms with Gasteiger partial charge in [-0.25, -0.2) is 3.11 Å². The number of rotatable bonds is 1. The van der Waals surface area contributed by atoms with Gasteiger partial charge in [0.05, 0.1) is 0 Å². The second kappa shape index (κ2) is 2.87. The van der Waals surface area contributed by atoms with Crippen molar-refractivity contribution in [3.8, 4) is 0 Å². The van der Waals surface area contributed by atoms with Crippen molar-refractivity contribution in [2.24, 2.45) is 17.8 Å². The molecule has 1 heterocycles. The van der Waals surface area contributed by atoms with E-state index in [1.165, 1.54) is 19.4 Å². The molecule has 1 saturated carbocycles. The van der Waals surface area contributed by atoms with Crippen molar-refractivity contribution < 1.29 is 0 Å². The summed E-state index contributed by atoms with van der Waals surface area (Å²) in [6.45, 7) is 6.11. The molecule has 2 aliphatic rings. The molecule has 3 atom stereocenters. The Morgan fingerprint density at radius 2 is 2.09 bits per heavy atom. The number of hydrogen-bond acceptors (Lipinski definition) is 1. The van der Waals surface area contributed by atoms with Gasteiger partial charge in [-0.05, 0) is 30.6 Å². The third-order valence-corrected chi connectivity index (χ3v) is 4.57. The first kappa shape index (κ1) is 8.30. The lowest BCUT2D eigenvalue weighted by Gasteiger charge is -2.29. The molecule has 2 bridgehead atoms. The number of halogens is 1. The van der Waals surface area contributed by atoms with Gasteiger partial charge in [0.2, 0.25) is 0 Å². The van der Waals surface area contributed by atoms with E-state index in [9.17, 15) is 0 Å². The average Bonchev–Trinajstić information content (AvgIpc) is 2.43. The highest BCUT2D eigenvalue weighted by atomic mass is 127. The molecule has 0 aromatic heterocycles. The van der Waals surface area contributed by atoms with Gasteiger partial charge in [-0.1, -0.05) is 13.8 Å². The summed E-state index contributed by atoms with van der Waals surface area (Å²) in [7, 11) is 0. The topological polar surface area (TPSA) is 3.24 Å². The predicted molar refractivity (Wildman–Crippen MR) is 55.6 cm³/mol. The highest BCUT2D eigenvalue weighted by Gasteiger charge is 2.44. The van der Waals surface area contributed by atoms with E-state index in [1.54, 1.807) is 0 Å². The molecule has 0 radical (unpaired) electrons. The minimum absolute atomic E-state index is 0.912. The van der Waals surface area contributed by atoms with Crippen LogP contribution in [0.4, 0.5) is 0 Å². The first-order valence-corrected chi connectivity index (χ1v) is 5.57. The maximum absolute atomic E-state index is 2.52. The van der Waals surface area contributed by atoms with E-state index < -0.39 is 0 Å². The van der Waals surface area contributed by atoms with Crippen LogP contribution in [-0.2, 0) is 0 Å². The molecule has 3 unspecified atom stereocenters. The minimum atomic E-state index is 0.912. The second-order valence-corrected chi connectivity index (χ2v) is 5.61. The molecule has 0 spiro atoms. The monoisotopic (exact) mass is 265 g/mol. The van der Waals surface area contributed by atoms with E-state index in [-0.39, 0.29) is 0 Å². The van der Waals surface area contributed by atoms with Crippen LogP contribution in [0.3, 0.4) is 0 Å². The second-order valence-electron chi connectivity index (χ2n) is 4.38. The average molecular weight is 265 g/mol. The molecule has 11 heavy (non-hydrogen) atoms. The standard InChI is InChI=1S/C9H16IN/c1-6(2)9-4-8-3-7(9)5-11(8)10/h6-9H,3-5H2,1-2H3. The lowest BCUT2D eigenvalue weighted by Crippen LogP contribution is -2.29. The largest absolute Gasteiger partial charge is 0.244 e. The molecular formula is C9H16IN. The third kappa shape index (κ3) is 1.32. The molecule has 0 amide bonds. The van der Waals surface area contributed by atoms with Gasteiger partial charge >= 0.3 is 0 Å². The fourth-order valence-corrected chi connectivity index (χ4v) is 3.72. The van der Waals surface area contributed by atoms with Crippen LogP contribution in [0, 0.1) is 17.8 Å². The van der Waals surface area contributed by atoms with Crippen LogP contribution >= 0.6 is 22.9 Å². The van der Waals surface area contributed by atoms with E-state index in [0.29, 0.717) is 0 Å². The van der Waals surface area contributed by atoms with E-state index in [0.717, 1.165) is 23.8 Å². The highest BCUT2D eigenvalue weighted by Crippen LogP contribution is 2.46. The summed E-state index contributed by atoms with van der Waals surface area (Å²) in [5.74, 6) is 2.97. The normalized spacial score (nSPS) is 44.2. The smallest absolute Gasteiger partial charge is 0.0204 e. The summed E-state index contributed by atoms with van der Waals surface area (Å²) in [5, 5.41) is 0. The number of piperidine rings is 1. The number of hydrogen-bond donors (Lipinski definition) is 0. The molecule has 0 aromatic carbocycles. The van der Waals surface area contributed by atoms with Crippen molar-refractivity contribution >= 4 is 22.9 Å². The lowest BCUT2D eigenvalue weighted by molar-refractivity contribution is 0.234. The first-order chi connectivity index (χ1) is 5.18. The van der Waals surface area contributed by atoms with Gasteiger partial charge in [0, 0.05) is 35.5 Å². The van der Waals surface area contributed by atoms with Crippen LogP contribution in [-0.4, -0.2) is 15.7 Å². The molecule has 0 aromatic rings. The summed E-state index contributed by atoms with van der Waals surface area (Å²) >= 11 is 2.49. The molecule has 2 rings (SSSR count). The van der Waals surface area contributed by atoms with Crippen LogP contribution in [0.25, 0.3) is 0 Å². The Hall–Kier alpha value is 0.690. The van der Waals surface area contributed by atoms with Crippen molar-refractivity contribution in [2.75, 3.05) is 6.54 Å². The first-order valence-electron chi connectivity index (χ1n) is 4.61. The Morgan fingerprint density at radius 3 is 2.45 bits per heavy atom.